The van der Waals surface area contributed by atoms with E-state index < -0.39 is 18.0 Å². The zero-order chi connectivity index (χ0) is 22.5. The van der Waals surface area contributed by atoms with Gasteiger partial charge in [-0.1, -0.05) is 26.8 Å². The quantitative estimate of drug-likeness (QED) is 0.555. The predicted octanol–water partition coefficient (Wildman–Crippen LogP) is 4.85. The summed E-state index contributed by atoms with van der Waals surface area (Å²) in [5, 5.41) is 0.542. The Morgan fingerprint density at radius 2 is 1.97 bits per heavy atom. The van der Waals surface area contributed by atoms with E-state index >= 15 is 0 Å². The summed E-state index contributed by atoms with van der Waals surface area (Å²) in [4.78, 5) is 25.1. The summed E-state index contributed by atoms with van der Waals surface area (Å²) in [7, 11) is 0. The molecule has 6 nitrogen and oxygen atoms in total. The van der Waals surface area contributed by atoms with Crippen LogP contribution in [0.1, 0.15) is 44.1 Å². The van der Waals surface area contributed by atoms with Gasteiger partial charge in [0.2, 0.25) is 0 Å². The smallest absolute Gasteiger partial charge is 0.387 e. The van der Waals surface area contributed by atoms with Gasteiger partial charge in [-0.05, 0) is 30.5 Å². The molecule has 0 radical (unpaired) electrons. The van der Waals surface area contributed by atoms with Crippen LogP contribution >= 0.6 is 0 Å². The fourth-order valence-electron chi connectivity index (χ4n) is 4.19. The zero-order valence-corrected chi connectivity index (χ0v) is 17.8. The lowest BCUT2D eigenvalue weighted by Gasteiger charge is -2.39. The van der Waals surface area contributed by atoms with Crippen molar-refractivity contribution in [2.24, 2.45) is 5.41 Å². The van der Waals surface area contributed by atoms with E-state index in [4.69, 9.17) is 9.47 Å². The van der Waals surface area contributed by atoms with Crippen LogP contribution in [-0.2, 0) is 11.3 Å². The maximum Gasteiger partial charge on any atom is 0.387 e. The molecule has 1 aromatic carbocycles. The molecular formula is C23H24F2N2O4. The maximum atomic E-state index is 12.9. The number of carbonyl (C=O) groups excluding carboxylic acids is 1. The summed E-state index contributed by atoms with van der Waals surface area (Å²) in [5.41, 5.74) is 1.37. The minimum Gasteiger partial charge on any atom is -0.462 e. The van der Waals surface area contributed by atoms with Crippen LogP contribution in [0.25, 0.3) is 22.3 Å². The van der Waals surface area contributed by atoms with Gasteiger partial charge in [0, 0.05) is 24.2 Å². The van der Waals surface area contributed by atoms with Crippen molar-refractivity contribution >= 4 is 16.9 Å². The van der Waals surface area contributed by atoms with Crippen LogP contribution in [0.4, 0.5) is 8.78 Å². The molecule has 3 aromatic rings. The fraction of sp³-hybridized carbons (Fsp3) is 0.391. The number of esters is 1. The Kier molecular flexibility index (Phi) is 5.11. The van der Waals surface area contributed by atoms with Crippen LogP contribution in [-0.4, -0.2) is 28.3 Å². The molecule has 1 aliphatic rings. The number of ether oxygens (including phenoxy) is 2. The van der Waals surface area contributed by atoms with Gasteiger partial charge in [0.1, 0.15) is 11.3 Å². The van der Waals surface area contributed by atoms with E-state index in [1.807, 2.05) is 15.2 Å². The molecule has 2 aromatic heterocycles. The number of hydrogen-bond donors (Lipinski definition) is 0. The van der Waals surface area contributed by atoms with Crippen molar-refractivity contribution in [3.8, 4) is 17.1 Å². The van der Waals surface area contributed by atoms with Gasteiger partial charge in [0.05, 0.1) is 29.6 Å². The molecular weight excluding hydrogens is 406 g/mol. The fourth-order valence-corrected chi connectivity index (χ4v) is 4.19. The molecule has 0 spiro atoms. The number of aromatic nitrogens is 2. The molecule has 0 bridgehead atoms. The van der Waals surface area contributed by atoms with Gasteiger partial charge in [-0.15, -0.1) is 0 Å². The second kappa shape index (κ2) is 7.51. The van der Waals surface area contributed by atoms with Gasteiger partial charge in [0.25, 0.3) is 0 Å². The summed E-state index contributed by atoms with van der Waals surface area (Å²) < 4.78 is 39.5. The normalized spacial score (nSPS) is 15.6. The first-order chi connectivity index (χ1) is 14.6. The number of halogens is 2. The molecule has 4 rings (SSSR count). The highest BCUT2D eigenvalue weighted by molar-refractivity contribution is 5.93. The first-order valence-electron chi connectivity index (χ1n) is 10.1. The average Bonchev–Trinajstić information content (AvgIpc) is 3.06. The van der Waals surface area contributed by atoms with Crippen molar-refractivity contribution in [3.05, 3.63) is 52.3 Å². The molecule has 0 saturated heterocycles. The summed E-state index contributed by atoms with van der Waals surface area (Å²) in [6.45, 7) is 5.68. The third kappa shape index (κ3) is 3.60. The second-order valence-corrected chi connectivity index (χ2v) is 8.65. The van der Waals surface area contributed by atoms with Crippen molar-refractivity contribution < 1.29 is 23.0 Å². The third-order valence-corrected chi connectivity index (χ3v) is 5.65. The van der Waals surface area contributed by atoms with Crippen LogP contribution in [0, 0.1) is 5.41 Å². The van der Waals surface area contributed by atoms with E-state index in [9.17, 15) is 18.4 Å². The number of pyridine rings is 1. The van der Waals surface area contributed by atoms with Crippen molar-refractivity contribution in [2.75, 3.05) is 6.61 Å². The number of carbonyl (C=O) groups is 1. The van der Waals surface area contributed by atoms with Gasteiger partial charge in [0.15, 0.2) is 5.43 Å². The highest BCUT2D eigenvalue weighted by Gasteiger charge is 2.34. The summed E-state index contributed by atoms with van der Waals surface area (Å²) in [5.74, 6) is -0.576. The van der Waals surface area contributed by atoms with Gasteiger partial charge >= 0.3 is 12.6 Å². The summed E-state index contributed by atoms with van der Waals surface area (Å²) >= 11 is 0. The number of alkyl halides is 2. The van der Waals surface area contributed by atoms with Gasteiger partial charge in [-0.25, -0.2) is 4.79 Å². The number of fused-ring (bicyclic) bond motifs is 5. The van der Waals surface area contributed by atoms with E-state index in [2.05, 4.69) is 20.8 Å². The second-order valence-electron chi connectivity index (χ2n) is 8.65. The van der Waals surface area contributed by atoms with Gasteiger partial charge in [-0.2, -0.15) is 8.78 Å². The van der Waals surface area contributed by atoms with E-state index in [1.165, 1.54) is 12.1 Å². The Hall–Kier alpha value is -3.16. The van der Waals surface area contributed by atoms with Crippen LogP contribution in [0.15, 0.2) is 41.3 Å². The minimum atomic E-state index is -2.94. The van der Waals surface area contributed by atoms with E-state index in [-0.39, 0.29) is 29.4 Å². The lowest BCUT2D eigenvalue weighted by atomic mass is 9.85. The highest BCUT2D eigenvalue weighted by atomic mass is 19.3. The Labute approximate surface area is 178 Å². The molecule has 0 amide bonds. The largest absolute Gasteiger partial charge is 0.462 e. The monoisotopic (exact) mass is 430 g/mol. The van der Waals surface area contributed by atoms with Crippen LogP contribution < -0.4 is 10.2 Å². The lowest BCUT2D eigenvalue weighted by Crippen LogP contribution is -2.35. The average molecular weight is 430 g/mol. The molecule has 3 heterocycles. The Morgan fingerprint density at radius 3 is 2.61 bits per heavy atom. The molecule has 0 fully saturated rings. The van der Waals surface area contributed by atoms with Crippen molar-refractivity contribution in [1.29, 1.82) is 0 Å². The van der Waals surface area contributed by atoms with Crippen LogP contribution in [0.3, 0.4) is 0 Å². The molecule has 1 atom stereocenters. The molecule has 1 aliphatic heterocycles. The zero-order valence-electron chi connectivity index (χ0n) is 17.8. The number of hydrogen-bond acceptors (Lipinski definition) is 4. The molecule has 31 heavy (non-hydrogen) atoms. The minimum absolute atomic E-state index is 0.0221. The molecule has 8 heteroatoms. The van der Waals surface area contributed by atoms with Crippen molar-refractivity contribution in [1.82, 2.24) is 9.13 Å². The Bertz CT molecular complexity index is 1220. The van der Waals surface area contributed by atoms with Crippen LogP contribution in [0.2, 0.25) is 0 Å². The predicted molar refractivity (Wildman–Crippen MR) is 113 cm³/mol. The highest BCUT2D eigenvalue weighted by Crippen LogP contribution is 2.43. The lowest BCUT2D eigenvalue weighted by molar-refractivity contribution is -0.0488. The van der Waals surface area contributed by atoms with Crippen molar-refractivity contribution in [3.63, 3.8) is 0 Å². The van der Waals surface area contributed by atoms with Gasteiger partial charge in [-0.3, -0.25) is 4.79 Å². The maximum absolute atomic E-state index is 12.9. The Morgan fingerprint density at radius 1 is 1.23 bits per heavy atom. The molecule has 0 saturated carbocycles. The van der Waals surface area contributed by atoms with Gasteiger partial charge < -0.3 is 18.6 Å². The standard InChI is InChI=1S/C23H24F2N2O4/c1-5-30-21(29)14-11-27-17(10-18(14)28)16-9-13-15(7-6-8-19(13)31-22(24)25)26(16)12-20(27)23(2,3)4/h6-11,20,22H,5,12H2,1-4H3. The summed E-state index contributed by atoms with van der Waals surface area (Å²) in [6.07, 6.45) is 1.56. The SMILES string of the molecule is CCOC(=O)c1cn2c(cc1=O)-c1cc3c(OC(F)F)cccc3n1CC2C(C)(C)C. The first kappa shape index (κ1) is 21.1. The number of nitrogens with zero attached hydrogens (tertiary/aromatic N) is 2. The molecule has 1 unspecified atom stereocenters. The van der Waals surface area contributed by atoms with E-state index in [0.717, 1.165) is 5.52 Å². The molecule has 164 valence electrons. The first-order valence-corrected chi connectivity index (χ1v) is 10.1. The molecule has 0 N–H and O–H groups in total. The molecule has 0 aliphatic carbocycles. The van der Waals surface area contributed by atoms with E-state index in [0.29, 0.717) is 23.3 Å². The Balaban J connectivity index is 1.98. The van der Waals surface area contributed by atoms with Crippen molar-refractivity contribution in [2.45, 2.75) is 46.9 Å². The topological polar surface area (TPSA) is 62.5 Å². The number of rotatable bonds is 4. The van der Waals surface area contributed by atoms with E-state index in [1.54, 1.807) is 25.3 Å². The van der Waals surface area contributed by atoms with Crippen LogP contribution in [0.5, 0.6) is 5.75 Å². The third-order valence-electron chi connectivity index (χ3n) is 5.65. The number of benzene rings is 1. The summed E-state index contributed by atoms with van der Waals surface area (Å²) in [6, 6.07) is 8.09.